The Kier molecular flexibility index (Phi) is 3.14. The van der Waals surface area contributed by atoms with Gasteiger partial charge in [-0.1, -0.05) is 18.2 Å². The monoisotopic (exact) mass is 163 g/mol. The Morgan fingerprint density at radius 2 is 2.00 bits per heavy atom. The first-order valence-electron chi connectivity index (χ1n) is 3.72. The second kappa shape index (κ2) is 4.38. The van der Waals surface area contributed by atoms with Crippen LogP contribution in [-0.4, -0.2) is 12.6 Å². The number of amides is 2. The Labute approximate surface area is 71.8 Å². The first-order valence-corrected chi connectivity index (χ1v) is 3.72. The Morgan fingerprint density at radius 1 is 1.33 bits per heavy atom. The molecule has 0 aliphatic rings. The zero-order valence-corrected chi connectivity index (χ0v) is 6.71. The maximum absolute atomic E-state index is 11.0. The molecule has 1 aromatic rings. The molecule has 0 unspecified atom stereocenters. The summed E-state index contributed by atoms with van der Waals surface area (Å²) in [6, 6.07) is 9.03. The molecule has 2 N–H and O–H groups in total. The van der Waals surface area contributed by atoms with Gasteiger partial charge in [0.25, 0.3) is 0 Å². The third-order valence-corrected chi connectivity index (χ3v) is 1.32. The fraction of sp³-hybridized carbons (Fsp3) is 0.111. The van der Waals surface area contributed by atoms with Crippen molar-refractivity contribution in [2.45, 2.75) is 0 Å². The summed E-state index contributed by atoms with van der Waals surface area (Å²) in [5.41, 5.74) is 0.781. The molecule has 0 bridgehead atoms. The fourth-order valence-electron chi connectivity index (χ4n) is 0.810. The van der Waals surface area contributed by atoms with Crippen molar-refractivity contribution in [2.24, 2.45) is 0 Å². The van der Waals surface area contributed by atoms with Gasteiger partial charge in [-0.05, 0) is 19.1 Å². The summed E-state index contributed by atoms with van der Waals surface area (Å²) in [5, 5.41) is 5.19. The van der Waals surface area contributed by atoms with Crippen molar-refractivity contribution in [3.8, 4) is 0 Å². The average molecular weight is 163 g/mol. The van der Waals surface area contributed by atoms with Crippen LogP contribution in [0.4, 0.5) is 10.5 Å². The van der Waals surface area contributed by atoms with Gasteiger partial charge < -0.3 is 10.6 Å². The van der Waals surface area contributed by atoms with E-state index in [2.05, 4.69) is 17.6 Å². The van der Waals surface area contributed by atoms with Crippen LogP contribution in [0.25, 0.3) is 0 Å². The lowest BCUT2D eigenvalue weighted by molar-refractivity contribution is 0.253. The van der Waals surface area contributed by atoms with Gasteiger partial charge in [0.15, 0.2) is 0 Å². The second-order valence-corrected chi connectivity index (χ2v) is 2.25. The molecule has 1 aromatic carbocycles. The number of hydrogen-bond donors (Lipinski definition) is 2. The van der Waals surface area contributed by atoms with E-state index in [0.29, 0.717) is 6.54 Å². The smallest absolute Gasteiger partial charge is 0.319 e. The molecule has 1 radical (unpaired) electrons. The third-order valence-electron chi connectivity index (χ3n) is 1.32. The summed E-state index contributed by atoms with van der Waals surface area (Å²) in [4.78, 5) is 11.0. The Balaban J connectivity index is 2.47. The molecule has 0 atom stereocenters. The highest BCUT2D eigenvalue weighted by Gasteiger charge is 1.96. The first kappa shape index (κ1) is 8.59. The number of para-hydroxylation sites is 1. The van der Waals surface area contributed by atoms with E-state index in [1.54, 1.807) is 0 Å². The van der Waals surface area contributed by atoms with Crippen LogP contribution in [0.2, 0.25) is 0 Å². The largest absolute Gasteiger partial charge is 0.338 e. The van der Waals surface area contributed by atoms with Gasteiger partial charge in [0.2, 0.25) is 0 Å². The zero-order chi connectivity index (χ0) is 8.81. The Bertz CT molecular complexity index is 246. The molecule has 63 valence electrons. The molecule has 0 heterocycles. The van der Waals surface area contributed by atoms with E-state index < -0.39 is 0 Å². The Hall–Kier alpha value is -1.51. The zero-order valence-electron chi connectivity index (χ0n) is 6.71. The molecule has 12 heavy (non-hydrogen) atoms. The van der Waals surface area contributed by atoms with E-state index in [0.717, 1.165) is 5.69 Å². The van der Waals surface area contributed by atoms with Gasteiger partial charge >= 0.3 is 6.03 Å². The van der Waals surface area contributed by atoms with Crippen LogP contribution < -0.4 is 10.6 Å². The number of rotatable bonds is 2. The van der Waals surface area contributed by atoms with Crippen LogP contribution in [-0.2, 0) is 0 Å². The number of benzene rings is 1. The predicted octanol–water partition coefficient (Wildman–Crippen LogP) is 1.64. The van der Waals surface area contributed by atoms with E-state index in [4.69, 9.17) is 0 Å². The number of urea groups is 1. The lowest BCUT2D eigenvalue weighted by atomic mass is 10.3. The highest BCUT2D eigenvalue weighted by Crippen LogP contribution is 2.03. The molecular weight excluding hydrogens is 152 g/mol. The van der Waals surface area contributed by atoms with Crippen LogP contribution in [0.15, 0.2) is 30.3 Å². The van der Waals surface area contributed by atoms with Crippen molar-refractivity contribution in [1.29, 1.82) is 0 Å². The molecule has 0 saturated carbocycles. The topological polar surface area (TPSA) is 41.1 Å². The molecule has 2 amide bonds. The molecule has 0 spiro atoms. The lowest BCUT2D eigenvalue weighted by Crippen LogP contribution is -2.28. The number of carbonyl (C=O) groups is 1. The van der Waals surface area contributed by atoms with Crippen molar-refractivity contribution < 1.29 is 4.79 Å². The molecule has 3 nitrogen and oxygen atoms in total. The normalized spacial score (nSPS) is 9.08. The molecule has 0 aliphatic heterocycles. The highest BCUT2D eigenvalue weighted by atomic mass is 16.2. The highest BCUT2D eigenvalue weighted by molar-refractivity contribution is 5.89. The SMILES string of the molecule is [CH2]CNC(=O)Nc1ccccc1. The van der Waals surface area contributed by atoms with Gasteiger partial charge in [0.1, 0.15) is 0 Å². The summed E-state index contributed by atoms with van der Waals surface area (Å²) < 4.78 is 0. The molecule has 3 heteroatoms. The summed E-state index contributed by atoms with van der Waals surface area (Å²) in [5.74, 6) is 0. The minimum Gasteiger partial charge on any atom is -0.338 e. The molecular formula is C9H11N2O. The minimum absolute atomic E-state index is 0.226. The van der Waals surface area contributed by atoms with Crippen LogP contribution in [0.5, 0.6) is 0 Å². The van der Waals surface area contributed by atoms with Crippen LogP contribution >= 0.6 is 0 Å². The molecule has 0 aliphatic carbocycles. The van der Waals surface area contributed by atoms with Gasteiger partial charge in [-0.15, -0.1) is 0 Å². The van der Waals surface area contributed by atoms with Gasteiger partial charge in [0.05, 0.1) is 0 Å². The molecule has 0 saturated heterocycles. The summed E-state index contributed by atoms with van der Waals surface area (Å²) >= 11 is 0. The average Bonchev–Trinajstić information content (AvgIpc) is 2.06. The summed E-state index contributed by atoms with van der Waals surface area (Å²) in [7, 11) is 0. The van der Waals surface area contributed by atoms with E-state index in [1.165, 1.54) is 0 Å². The summed E-state index contributed by atoms with van der Waals surface area (Å²) in [6.45, 7) is 3.88. The lowest BCUT2D eigenvalue weighted by Gasteiger charge is -2.04. The molecule has 0 fully saturated rings. The molecule has 1 rings (SSSR count). The van der Waals surface area contributed by atoms with E-state index >= 15 is 0 Å². The number of carbonyl (C=O) groups excluding carboxylic acids is 1. The number of hydrogen-bond acceptors (Lipinski definition) is 1. The van der Waals surface area contributed by atoms with Crippen molar-refractivity contribution in [1.82, 2.24) is 5.32 Å². The van der Waals surface area contributed by atoms with Crippen LogP contribution in [0, 0.1) is 6.92 Å². The predicted molar refractivity (Wildman–Crippen MR) is 48.8 cm³/mol. The fourth-order valence-corrected chi connectivity index (χ4v) is 0.810. The Morgan fingerprint density at radius 3 is 2.58 bits per heavy atom. The van der Waals surface area contributed by atoms with E-state index in [9.17, 15) is 4.79 Å². The van der Waals surface area contributed by atoms with Crippen LogP contribution in [0.3, 0.4) is 0 Å². The minimum atomic E-state index is -0.226. The van der Waals surface area contributed by atoms with Gasteiger partial charge in [0, 0.05) is 12.2 Å². The van der Waals surface area contributed by atoms with E-state index in [1.807, 2.05) is 30.3 Å². The third kappa shape index (κ3) is 2.62. The number of nitrogens with one attached hydrogen (secondary N) is 2. The molecule has 0 aromatic heterocycles. The maximum atomic E-state index is 11.0. The van der Waals surface area contributed by atoms with Crippen molar-refractivity contribution in [2.75, 3.05) is 11.9 Å². The second-order valence-electron chi connectivity index (χ2n) is 2.25. The quantitative estimate of drug-likeness (QED) is 0.683. The maximum Gasteiger partial charge on any atom is 0.319 e. The van der Waals surface area contributed by atoms with Crippen molar-refractivity contribution >= 4 is 11.7 Å². The van der Waals surface area contributed by atoms with Gasteiger partial charge in [-0.2, -0.15) is 0 Å². The first-order chi connectivity index (χ1) is 5.83. The van der Waals surface area contributed by atoms with Gasteiger partial charge in [-0.25, -0.2) is 4.79 Å². The van der Waals surface area contributed by atoms with E-state index in [-0.39, 0.29) is 6.03 Å². The van der Waals surface area contributed by atoms with Crippen molar-refractivity contribution in [3.63, 3.8) is 0 Å². The number of anilines is 1. The van der Waals surface area contributed by atoms with Crippen molar-refractivity contribution in [3.05, 3.63) is 37.3 Å². The summed E-state index contributed by atoms with van der Waals surface area (Å²) in [6.07, 6.45) is 0. The standard InChI is InChI=1S/C9H11N2O/c1-2-10-9(12)11-8-6-4-3-5-7-8/h3-7H,1-2H2,(H2,10,11,12). The van der Waals surface area contributed by atoms with Crippen LogP contribution in [0.1, 0.15) is 0 Å². The van der Waals surface area contributed by atoms with Gasteiger partial charge in [-0.3, -0.25) is 0 Å².